The smallest absolute Gasteiger partial charge is 0.338 e. The second-order valence-corrected chi connectivity index (χ2v) is 11.9. The van der Waals surface area contributed by atoms with E-state index in [1.54, 1.807) is 23.4 Å². The number of sulfonamides is 1. The molecule has 1 aliphatic heterocycles. The third kappa shape index (κ3) is 6.06. The molecular formula is C27H33N3O6S2. The normalized spacial score (nSPS) is 17.1. The highest BCUT2D eigenvalue weighted by Gasteiger charge is 2.31. The van der Waals surface area contributed by atoms with Crippen molar-refractivity contribution < 1.29 is 27.5 Å². The zero-order valence-corrected chi connectivity index (χ0v) is 23.5. The highest BCUT2D eigenvalue weighted by Crippen LogP contribution is 2.25. The van der Waals surface area contributed by atoms with Crippen LogP contribution in [-0.4, -0.2) is 61.6 Å². The highest BCUT2D eigenvalue weighted by atomic mass is 32.2. The Morgan fingerprint density at radius 1 is 1.05 bits per heavy atom. The lowest BCUT2D eigenvalue weighted by Gasteiger charge is -2.32. The summed E-state index contributed by atoms with van der Waals surface area (Å²) in [7, 11) is -3.63. The van der Waals surface area contributed by atoms with Gasteiger partial charge in [0.25, 0.3) is 5.91 Å². The minimum Gasteiger partial charge on any atom is -0.462 e. The molecule has 0 saturated carbocycles. The van der Waals surface area contributed by atoms with Gasteiger partial charge in [-0.3, -0.25) is 4.79 Å². The van der Waals surface area contributed by atoms with E-state index >= 15 is 0 Å². The number of piperidine rings is 1. The fourth-order valence-corrected chi connectivity index (χ4v) is 7.29. The third-order valence-electron chi connectivity index (χ3n) is 6.50. The van der Waals surface area contributed by atoms with Gasteiger partial charge in [0.15, 0.2) is 4.80 Å². The first-order valence-electron chi connectivity index (χ1n) is 12.9. The average Bonchev–Trinajstić information content (AvgIpc) is 3.25. The number of thiazole rings is 1. The highest BCUT2D eigenvalue weighted by molar-refractivity contribution is 7.89. The number of carbonyl (C=O) groups excluding carboxylic acids is 2. The van der Waals surface area contributed by atoms with Gasteiger partial charge in [-0.15, -0.1) is 0 Å². The van der Waals surface area contributed by atoms with Gasteiger partial charge < -0.3 is 14.0 Å². The van der Waals surface area contributed by atoms with Crippen LogP contribution in [0.1, 0.15) is 60.7 Å². The Bertz CT molecular complexity index is 1470. The van der Waals surface area contributed by atoms with E-state index < -0.39 is 21.9 Å². The molecule has 1 saturated heterocycles. The largest absolute Gasteiger partial charge is 0.462 e. The van der Waals surface area contributed by atoms with Crippen LogP contribution in [0.15, 0.2) is 52.4 Å². The molecule has 0 N–H and O–H groups in total. The lowest BCUT2D eigenvalue weighted by molar-refractivity contribution is 0.0526. The van der Waals surface area contributed by atoms with Gasteiger partial charge in [-0.2, -0.15) is 9.30 Å². The van der Waals surface area contributed by atoms with Gasteiger partial charge in [0.2, 0.25) is 10.0 Å². The van der Waals surface area contributed by atoms with Gasteiger partial charge in [0.1, 0.15) is 0 Å². The maximum Gasteiger partial charge on any atom is 0.338 e. The number of hydrogen-bond acceptors (Lipinski definition) is 7. The molecule has 0 bridgehead atoms. The summed E-state index contributed by atoms with van der Waals surface area (Å²) in [5.74, 6) is -0.894. The molecule has 1 aliphatic rings. The minimum atomic E-state index is -3.63. The maximum absolute atomic E-state index is 13.1. The number of aromatic nitrogens is 1. The fourth-order valence-electron chi connectivity index (χ4n) is 4.50. The van der Waals surface area contributed by atoms with Crippen molar-refractivity contribution in [2.24, 2.45) is 4.99 Å². The van der Waals surface area contributed by atoms with Crippen LogP contribution in [0, 0.1) is 0 Å². The average molecular weight is 560 g/mol. The zero-order valence-electron chi connectivity index (χ0n) is 21.9. The lowest BCUT2D eigenvalue weighted by Crippen LogP contribution is -2.41. The van der Waals surface area contributed by atoms with Crippen LogP contribution >= 0.6 is 11.3 Å². The summed E-state index contributed by atoms with van der Waals surface area (Å²) in [5.41, 5.74) is 1.54. The van der Waals surface area contributed by atoms with Gasteiger partial charge in [-0.05, 0) is 76.1 Å². The second kappa shape index (κ2) is 12.3. The van der Waals surface area contributed by atoms with Crippen LogP contribution in [0.4, 0.5) is 0 Å². The van der Waals surface area contributed by atoms with E-state index in [1.165, 1.54) is 35.6 Å². The number of nitrogens with zero attached hydrogens (tertiary/aromatic N) is 3. The van der Waals surface area contributed by atoms with Crippen molar-refractivity contribution in [2.45, 2.75) is 57.5 Å². The molecule has 1 unspecified atom stereocenters. The van der Waals surface area contributed by atoms with Crippen molar-refractivity contribution in [1.29, 1.82) is 0 Å². The first-order chi connectivity index (χ1) is 18.3. The van der Waals surface area contributed by atoms with Crippen LogP contribution in [0.2, 0.25) is 0 Å². The molecule has 0 aliphatic carbocycles. The number of amides is 1. The summed E-state index contributed by atoms with van der Waals surface area (Å²) in [4.78, 5) is 30.3. The Kier molecular flexibility index (Phi) is 9.14. The molecule has 38 heavy (non-hydrogen) atoms. The van der Waals surface area contributed by atoms with E-state index in [1.807, 2.05) is 24.5 Å². The second-order valence-electron chi connectivity index (χ2n) is 9.04. The van der Waals surface area contributed by atoms with Gasteiger partial charge in [0.05, 0.1) is 33.9 Å². The summed E-state index contributed by atoms with van der Waals surface area (Å²) in [6.07, 6.45) is 2.71. The predicted octanol–water partition coefficient (Wildman–Crippen LogP) is 4.22. The van der Waals surface area contributed by atoms with Crippen LogP contribution in [0.3, 0.4) is 0 Å². The number of benzene rings is 2. The Morgan fingerprint density at radius 3 is 2.47 bits per heavy atom. The first kappa shape index (κ1) is 28.2. The van der Waals surface area contributed by atoms with E-state index in [9.17, 15) is 18.0 Å². The molecule has 2 aromatic carbocycles. The maximum atomic E-state index is 13.1. The van der Waals surface area contributed by atoms with Crippen molar-refractivity contribution in [3.8, 4) is 0 Å². The summed E-state index contributed by atoms with van der Waals surface area (Å²) in [6, 6.07) is 11.1. The molecule has 1 aromatic heterocycles. The zero-order chi connectivity index (χ0) is 27.3. The van der Waals surface area contributed by atoms with E-state index in [2.05, 4.69) is 4.99 Å². The van der Waals surface area contributed by atoms with Crippen molar-refractivity contribution >= 4 is 43.5 Å². The van der Waals surface area contributed by atoms with Crippen molar-refractivity contribution in [3.05, 3.63) is 58.4 Å². The van der Waals surface area contributed by atoms with E-state index in [0.717, 1.165) is 29.5 Å². The molecule has 1 amide bonds. The molecule has 3 aromatic rings. The van der Waals surface area contributed by atoms with Crippen molar-refractivity contribution in [3.63, 3.8) is 0 Å². The molecule has 0 spiro atoms. The standard InChI is InChI=1S/C27H33N3O6S2/c1-4-35-17-16-29-23-14-11-21(26(32)36-5-2)18-24(23)37-27(29)28-25(31)20-9-12-22(13-10-20)38(33,34)30-15-7-6-8-19(30)3/h9-14,18-19H,4-8,15-17H2,1-3H3. The molecule has 1 atom stereocenters. The first-order valence-corrected chi connectivity index (χ1v) is 15.1. The summed E-state index contributed by atoms with van der Waals surface area (Å²) < 4.78 is 41.1. The van der Waals surface area contributed by atoms with Crippen molar-refractivity contribution in [1.82, 2.24) is 8.87 Å². The van der Waals surface area contributed by atoms with Crippen LogP contribution in [-0.2, 0) is 26.0 Å². The number of esters is 1. The molecule has 11 heteroatoms. The topological polar surface area (TPSA) is 107 Å². The molecule has 9 nitrogen and oxygen atoms in total. The molecular weight excluding hydrogens is 526 g/mol. The van der Waals surface area contributed by atoms with E-state index in [4.69, 9.17) is 9.47 Å². The lowest BCUT2D eigenvalue weighted by atomic mass is 10.1. The molecule has 204 valence electrons. The van der Waals surface area contributed by atoms with Crippen molar-refractivity contribution in [2.75, 3.05) is 26.4 Å². The van der Waals surface area contributed by atoms with Gasteiger partial charge in [0, 0.05) is 31.3 Å². The molecule has 0 radical (unpaired) electrons. The van der Waals surface area contributed by atoms with Gasteiger partial charge >= 0.3 is 5.97 Å². The van der Waals surface area contributed by atoms with Crippen LogP contribution in [0.25, 0.3) is 10.2 Å². The Morgan fingerprint density at radius 2 is 1.79 bits per heavy atom. The molecule has 2 heterocycles. The summed E-state index contributed by atoms with van der Waals surface area (Å²) in [6.45, 7) is 7.85. The van der Waals surface area contributed by atoms with Gasteiger partial charge in [-0.25, -0.2) is 13.2 Å². The number of ether oxygens (including phenoxy) is 2. The Labute approximate surface area is 226 Å². The minimum absolute atomic E-state index is 0.0468. The summed E-state index contributed by atoms with van der Waals surface area (Å²) >= 11 is 1.29. The molecule has 1 fully saturated rings. The SMILES string of the molecule is CCOCCn1c(=NC(=O)c2ccc(S(=O)(=O)N3CCCCC3C)cc2)sc2cc(C(=O)OCC)ccc21. The number of hydrogen-bond donors (Lipinski definition) is 0. The summed E-state index contributed by atoms with van der Waals surface area (Å²) in [5, 5.41) is 0. The monoisotopic (exact) mass is 559 g/mol. The van der Waals surface area contributed by atoms with Crippen LogP contribution in [0.5, 0.6) is 0 Å². The number of carbonyl (C=O) groups is 2. The van der Waals surface area contributed by atoms with Gasteiger partial charge in [-0.1, -0.05) is 17.8 Å². The Hall–Kier alpha value is -2.86. The number of fused-ring (bicyclic) bond motifs is 1. The van der Waals surface area contributed by atoms with E-state index in [0.29, 0.717) is 36.7 Å². The quantitative estimate of drug-likeness (QED) is 0.287. The Balaban J connectivity index is 1.65. The molecule has 4 rings (SSSR count). The fraction of sp³-hybridized carbons (Fsp3) is 0.444. The van der Waals surface area contributed by atoms with E-state index in [-0.39, 0.29) is 23.1 Å². The van der Waals surface area contributed by atoms with Crippen LogP contribution < -0.4 is 4.80 Å². The number of rotatable bonds is 9. The third-order valence-corrected chi connectivity index (χ3v) is 9.57. The predicted molar refractivity (Wildman–Crippen MR) is 146 cm³/mol.